The largest absolute Gasteiger partial charge is 0.320 e. The first kappa shape index (κ1) is 23.8. The van der Waals surface area contributed by atoms with Crippen LogP contribution in [0.4, 0.5) is 16.4 Å². The molecule has 0 saturated carbocycles. The summed E-state index contributed by atoms with van der Waals surface area (Å²) in [6.07, 6.45) is 11.8. The van der Waals surface area contributed by atoms with E-state index in [2.05, 4.69) is 25.3 Å². The number of fused-ring (bicyclic) bond motifs is 1. The zero-order valence-electron chi connectivity index (χ0n) is 19.0. The lowest BCUT2D eigenvalue weighted by atomic mass is 9.95. The maximum atomic E-state index is 13.2. The van der Waals surface area contributed by atoms with Crippen LogP contribution in [0.15, 0.2) is 76.2 Å². The second kappa shape index (κ2) is 10.8. The number of nitrogens with one attached hydrogen (secondary N) is 1. The van der Waals surface area contributed by atoms with Crippen molar-refractivity contribution in [3.8, 4) is 0 Å². The molecule has 1 aliphatic rings. The number of hydrogen-bond donors (Lipinski definition) is 1. The average molecular weight is 517 g/mol. The van der Waals surface area contributed by atoms with Crippen LogP contribution in [0.5, 0.6) is 0 Å². The van der Waals surface area contributed by atoms with Crippen molar-refractivity contribution < 1.29 is 9.72 Å². The first-order chi connectivity index (χ1) is 17.6. The Labute approximate surface area is 214 Å². The van der Waals surface area contributed by atoms with Gasteiger partial charge in [-0.3, -0.25) is 19.9 Å². The maximum absolute atomic E-state index is 13.2. The van der Waals surface area contributed by atoms with Gasteiger partial charge in [-0.1, -0.05) is 6.07 Å². The molecular weight excluding hydrogens is 496 g/mol. The Morgan fingerprint density at radius 2 is 1.97 bits per heavy atom. The van der Waals surface area contributed by atoms with E-state index in [1.54, 1.807) is 61.3 Å². The number of carbonyl (C=O) groups excluding carboxylic acids is 1. The summed E-state index contributed by atoms with van der Waals surface area (Å²) in [5.41, 5.74) is 2.72. The normalized spacial score (nSPS) is 12.9. The van der Waals surface area contributed by atoms with Gasteiger partial charge in [-0.15, -0.1) is 11.3 Å². The molecule has 0 spiro atoms. The van der Waals surface area contributed by atoms with Gasteiger partial charge in [0, 0.05) is 35.7 Å². The molecule has 1 amide bonds. The zero-order valence-corrected chi connectivity index (χ0v) is 20.6. The molecule has 36 heavy (non-hydrogen) atoms. The van der Waals surface area contributed by atoms with Gasteiger partial charge < -0.3 is 5.32 Å². The van der Waals surface area contributed by atoms with Crippen LogP contribution in [0.3, 0.4) is 0 Å². The monoisotopic (exact) mass is 516 g/mol. The number of thiophene rings is 1. The number of anilines is 1. The van der Waals surface area contributed by atoms with Gasteiger partial charge in [0.05, 0.1) is 27.3 Å². The van der Waals surface area contributed by atoms with Crippen LogP contribution in [0.1, 0.15) is 39.2 Å². The molecule has 1 aliphatic carbocycles. The van der Waals surface area contributed by atoms with E-state index in [9.17, 15) is 14.9 Å². The highest BCUT2D eigenvalue weighted by molar-refractivity contribution is 7.99. The van der Waals surface area contributed by atoms with Crippen molar-refractivity contribution in [2.24, 2.45) is 4.99 Å². The first-order valence-corrected chi connectivity index (χ1v) is 12.8. The van der Waals surface area contributed by atoms with Gasteiger partial charge in [0.25, 0.3) is 11.6 Å². The molecule has 0 radical (unpaired) electrons. The van der Waals surface area contributed by atoms with Gasteiger partial charge in [0.1, 0.15) is 5.00 Å². The summed E-state index contributed by atoms with van der Waals surface area (Å²) in [6, 6.07) is 10.1. The second-order valence-electron chi connectivity index (χ2n) is 7.96. The number of rotatable bonds is 7. The number of hydrogen-bond acceptors (Lipinski definition) is 9. The minimum Gasteiger partial charge on any atom is -0.320 e. The molecule has 1 N–H and O–H groups in total. The first-order valence-electron chi connectivity index (χ1n) is 11.2. The number of pyridine rings is 1. The number of carbonyl (C=O) groups is 1. The summed E-state index contributed by atoms with van der Waals surface area (Å²) in [7, 11) is 0. The highest BCUT2D eigenvalue weighted by Crippen LogP contribution is 2.40. The highest BCUT2D eigenvalue weighted by atomic mass is 32.2. The Hall–Kier alpha value is -3.96. The Kier molecular flexibility index (Phi) is 7.10. The Balaban J connectivity index is 1.45. The van der Waals surface area contributed by atoms with Crippen LogP contribution in [-0.4, -0.2) is 32.0 Å². The lowest BCUT2D eigenvalue weighted by molar-refractivity contribution is -0.387. The third-order valence-electron chi connectivity index (χ3n) is 5.55. The van der Waals surface area contributed by atoms with Crippen LogP contribution >= 0.6 is 23.1 Å². The van der Waals surface area contributed by atoms with Gasteiger partial charge in [-0.25, -0.2) is 15.0 Å². The molecular formula is C25H20N6O3S2. The minimum absolute atomic E-state index is 0.0589. The fourth-order valence-electron chi connectivity index (χ4n) is 3.92. The molecule has 9 nitrogen and oxygen atoms in total. The average Bonchev–Trinajstić information content (AvgIpc) is 3.28. The molecule has 0 saturated heterocycles. The van der Waals surface area contributed by atoms with E-state index in [0.29, 0.717) is 31.9 Å². The van der Waals surface area contributed by atoms with Gasteiger partial charge in [-0.05, 0) is 72.8 Å². The van der Waals surface area contributed by atoms with Gasteiger partial charge in [0.2, 0.25) is 0 Å². The predicted octanol–water partition coefficient (Wildman–Crippen LogP) is 5.87. The number of aliphatic imine (C=N–C) groups is 1. The van der Waals surface area contributed by atoms with Crippen molar-refractivity contribution in [1.82, 2.24) is 15.0 Å². The molecule has 0 bridgehead atoms. The molecule has 0 aliphatic heterocycles. The summed E-state index contributed by atoms with van der Waals surface area (Å²) in [5.74, 6) is -0.227. The van der Waals surface area contributed by atoms with Crippen molar-refractivity contribution in [3.05, 3.63) is 92.9 Å². The summed E-state index contributed by atoms with van der Waals surface area (Å²) in [6.45, 7) is 0. The third-order valence-corrected chi connectivity index (χ3v) is 7.71. The van der Waals surface area contributed by atoms with Crippen LogP contribution in [0.25, 0.3) is 0 Å². The zero-order chi connectivity index (χ0) is 24.9. The Morgan fingerprint density at radius 3 is 2.75 bits per heavy atom. The fraction of sp³-hybridized carbons (Fsp3) is 0.160. The van der Waals surface area contributed by atoms with Crippen LogP contribution < -0.4 is 5.32 Å². The van der Waals surface area contributed by atoms with Gasteiger partial charge in [0.15, 0.2) is 5.16 Å². The summed E-state index contributed by atoms with van der Waals surface area (Å²) in [5, 5.41) is 15.7. The summed E-state index contributed by atoms with van der Waals surface area (Å²) >= 11 is 2.63. The SMILES string of the molecule is O=C(Nc1cccnc1)c1c(N=Cc2ccc(Sc3ncccn3)c([N+](=O)[O-])c2)sc2c1CCCC2. The number of aromatic nitrogens is 3. The number of nitrogens with zero attached hydrogens (tertiary/aromatic N) is 5. The van der Waals surface area contributed by atoms with E-state index in [-0.39, 0.29) is 11.6 Å². The molecule has 0 atom stereocenters. The van der Waals surface area contributed by atoms with E-state index >= 15 is 0 Å². The highest BCUT2D eigenvalue weighted by Gasteiger charge is 2.25. The van der Waals surface area contributed by atoms with E-state index in [0.717, 1.165) is 43.0 Å². The predicted molar refractivity (Wildman–Crippen MR) is 140 cm³/mol. The molecule has 4 aromatic rings. The van der Waals surface area contributed by atoms with E-state index in [4.69, 9.17) is 0 Å². The van der Waals surface area contributed by atoms with Crippen molar-refractivity contribution in [2.45, 2.75) is 35.7 Å². The summed E-state index contributed by atoms with van der Waals surface area (Å²) < 4.78 is 0. The molecule has 5 rings (SSSR count). The molecule has 0 unspecified atom stereocenters. The van der Waals surface area contributed by atoms with E-state index < -0.39 is 4.92 Å². The fourth-order valence-corrected chi connectivity index (χ4v) is 5.95. The van der Waals surface area contributed by atoms with Gasteiger partial charge in [-0.2, -0.15) is 0 Å². The number of nitro groups is 1. The van der Waals surface area contributed by atoms with Gasteiger partial charge >= 0.3 is 0 Å². The molecule has 0 fully saturated rings. The molecule has 11 heteroatoms. The topological polar surface area (TPSA) is 123 Å². The molecule has 3 heterocycles. The summed E-state index contributed by atoms with van der Waals surface area (Å²) in [4.78, 5) is 43.1. The van der Waals surface area contributed by atoms with E-state index in [1.165, 1.54) is 22.3 Å². The number of nitro benzene ring substituents is 1. The van der Waals surface area contributed by atoms with Crippen molar-refractivity contribution >= 4 is 51.6 Å². The quantitative estimate of drug-likeness (QED) is 0.141. The van der Waals surface area contributed by atoms with Crippen molar-refractivity contribution in [3.63, 3.8) is 0 Å². The van der Waals surface area contributed by atoms with Crippen LogP contribution in [0, 0.1) is 10.1 Å². The smallest absolute Gasteiger partial charge is 0.283 e. The molecule has 180 valence electrons. The van der Waals surface area contributed by atoms with Crippen molar-refractivity contribution in [2.75, 3.05) is 5.32 Å². The molecule has 1 aromatic carbocycles. The minimum atomic E-state index is -0.431. The van der Waals surface area contributed by atoms with Crippen LogP contribution in [-0.2, 0) is 12.8 Å². The number of benzene rings is 1. The Morgan fingerprint density at radius 1 is 1.14 bits per heavy atom. The third kappa shape index (κ3) is 5.31. The lowest BCUT2D eigenvalue weighted by Gasteiger charge is -2.12. The Bertz CT molecular complexity index is 1440. The standard InChI is InChI=1S/C25H20N6O3S2/c32-23(30-17-5-3-10-26-15-17)22-18-6-1-2-7-20(18)35-24(22)29-14-16-8-9-21(19(13-16)31(33)34)36-25-27-11-4-12-28-25/h3-5,8-15H,1-2,6-7H2,(H,30,32). The second-order valence-corrected chi connectivity index (χ2v) is 10.1. The maximum Gasteiger partial charge on any atom is 0.283 e. The van der Waals surface area contributed by atoms with Crippen LogP contribution in [0.2, 0.25) is 0 Å². The lowest BCUT2D eigenvalue weighted by Crippen LogP contribution is -2.14. The number of amides is 1. The molecule has 3 aromatic heterocycles. The van der Waals surface area contributed by atoms with E-state index in [1.807, 2.05) is 0 Å². The van der Waals surface area contributed by atoms with Crippen molar-refractivity contribution in [1.29, 1.82) is 0 Å². The number of aryl methyl sites for hydroxylation is 1.